The third kappa shape index (κ3) is 4.60. The second-order valence-electron chi connectivity index (χ2n) is 9.24. The van der Waals surface area contributed by atoms with Crippen molar-refractivity contribution in [3.05, 3.63) is 41.5 Å². The lowest BCUT2D eigenvalue weighted by atomic mass is 9.85. The van der Waals surface area contributed by atoms with Crippen LogP contribution in [0.25, 0.3) is 22.0 Å². The minimum atomic E-state index is -0.372. The SMILES string of the molecule is Cc1cnc(NC(=O)[C@H]2CCC[C@@H](NC=O)C2)cc1-c1cc(F)c2nn(C)c(C(C)C)c2c1. The summed E-state index contributed by atoms with van der Waals surface area (Å²) in [6.45, 7) is 6.04. The highest BCUT2D eigenvalue weighted by Crippen LogP contribution is 2.34. The van der Waals surface area contributed by atoms with E-state index < -0.39 is 0 Å². The summed E-state index contributed by atoms with van der Waals surface area (Å²) in [5.74, 6) is -0.0353. The number of halogens is 1. The van der Waals surface area contributed by atoms with E-state index in [1.807, 2.05) is 20.0 Å². The van der Waals surface area contributed by atoms with E-state index >= 15 is 0 Å². The normalized spacial score (nSPS) is 18.5. The third-order valence-corrected chi connectivity index (χ3v) is 6.50. The topological polar surface area (TPSA) is 88.9 Å². The number of aromatic nitrogens is 3. The Morgan fingerprint density at radius 1 is 1.27 bits per heavy atom. The maximum Gasteiger partial charge on any atom is 0.228 e. The molecule has 2 heterocycles. The summed E-state index contributed by atoms with van der Waals surface area (Å²) in [7, 11) is 1.83. The lowest BCUT2D eigenvalue weighted by molar-refractivity contribution is -0.121. The molecule has 4 rings (SSSR count). The molecule has 0 aliphatic heterocycles. The zero-order valence-corrected chi connectivity index (χ0v) is 19.5. The van der Waals surface area contributed by atoms with Crippen molar-refractivity contribution in [2.75, 3.05) is 5.32 Å². The molecule has 0 radical (unpaired) electrons. The zero-order chi connectivity index (χ0) is 23.7. The van der Waals surface area contributed by atoms with Crippen molar-refractivity contribution in [2.45, 2.75) is 58.4 Å². The van der Waals surface area contributed by atoms with Gasteiger partial charge in [-0.15, -0.1) is 0 Å². The first-order chi connectivity index (χ1) is 15.8. The monoisotopic (exact) mass is 451 g/mol. The van der Waals surface area contributed by atoms with Gasteiger partial charge in [-0.2, -0.15) is 5.10 Å². The molecule has 0 bridgehead atoms. The number of rotatable bonds is 6. The maximum atomic E-state index is 15.0. The first kappa shape index (κ1) is 22.9. The molecule has 174 valence electrons. The molecule has 0 unspecified atom stereocenters. The summed E-state index contributed by atoms with van der Waals surface area (Å²) in [6, 6.07) is 5.27. The Hall–Kier alpha value is -3.29. The van der Waals surface area contributed by atoms with E-state index in [1.165, 1.54) is 6.07 Å². The molecule has 2 amide bonds. The van der Waals surface area contributed by atoms with Gasteiger partial charge in [-0.3, -0.25) is 14.3 Å². The minimum Gasteiger partial charge on any atom is -0.356 e. The number of fused-ring (bicyclic) bond motifs is 1. The Kier molecular flexibility index (Phi) is 6.44. The molecule has 2 N–H and O–H groups in total. The molecule has 2 atom stereocenters. The molecule has 1 fully saturated rings. The quantitative estimate of drug-likeness (QED) is 0.542. The van der Waals surface area contributed by atoms with Crippen molar-refractivity contribution in [3.63, 3.8) is 0 Å². The Morgan fingerprint density at radius 3 is 2.79 bits per heavy atom. The van der Waals surface area contributed by atoms with Crippen molar-refractivity contribution in [2.24, 2.45) is 13.0 Å². The Bertz CT molecular complexity index is 1200. The van der Waals surface area contributed by atoms with E-state index in [-0.39, 0.29) is 29.6 Å². The minimum absolute atomic E-state index is 0.0258. The van der Waals surface area contributed by atoms with Gasteiger partial charge in [0.05, 0.1) is 0 Å². The molecule has 1 aromatic carbocycles. The van der Waals surface area contributed by atoms with Crippen molar-refractivity contribution >= 4 is 29.0 Å². The number of aryl methyl sites for hydroxylation is 2. The van der Waals surface area contributed by atoms with Gasteiger partial charge in [-0.05, 0) is 67.0 Å². The molecule has 1 saturated carbocycles. The molecule has 0 spiro atoms. The zero-order valence-electron chi connectivity index (χ0n) is 19.5. The van der Waals surface area contributed by atoms with Crippen LogP contribution < -0.4 is 10.6 Å². The Balaban J connectivity index is 1.64. The largest absolute Gasteiger partial charge is 0.356 e. The second-order valence-corrected chi connectivity index (χ2v) is 9.24. The first-order valence-electron chi connectivity index (χ1n) is 11.4. The summed E-state index contributed by atoms with van der Waals surface area (Å²) in [5, 5.41) is 10.9. The van der Waals surface area contributed by atoms with Crippen LogP contribution in [0.1, 0.15) is 56.7 Å². The fourth-order valence-corrected chi connectivity index (χ4v) is 4.92. The van der Waals surface area contributed by atoms with Gasteiger partial charge < -0.3 is 10.6 Å². The number of carbonyl (C=O) groups excluding carboxylic acids is 2. The second kappa shape index (κ2) is 9.29. The average molecular weight is 452 g/mol. The molecule has 8 heteroatoms. The van der Waals surface area contributed by atoms with Crippen LogP contribution in [0.15, 0.2) is 24.4 Å². The molecule has 1 aliphatic carbocycles. The number of amides is 2. The smallest absolute Gasteiger partial charge is 0.228 e. The van der Waals surface area contributed by atoms with E-state index in [4.69, 9.17) is 0 Å². The maximum absolute atomic E-state index is 15.0. The van der Waals surface area contributed by atoms with E-state index in [9.17, 15) is 14.0 Å². The predicted octanol–water partition coefficient (Wildman–Crippen LogP) is 4.45. The summed E-state index contributed by atoms with van der Waals surface area (Å²) in [5.41, 5.74) is 3.75. The highest BCUT2D eigenvalue weighted by Gasteiger charge is 2.27. The summed E-state index contributed by atoms with van der Waals surface area (Å²) >= 11 is 0. The molecule has 7 nitrogen and oxygen atoms in total. The van der Waals surface area contributed by atoms with Gasteiger partial charge in [0.25, 0.3) is 0 Å². The van der Waals surface area contributed by atoms with Crippen LogP contribution in [0.2, 0.25) is 0 Å². The number of nitrogens with zero attached hydrogens (tertiary/aromatic N) is 3. The number of anilines is 1. The van der Waals surface area contributed by atoms with Crippen molar-refractivity contribution in [3.8, 4) is 11.1 Å². The number of benzene rings is 1. The number of hydrogen-bond donors (Lipinski definition) is 2. The Labute approximate surface area is 192 Å². The fourth-order valence-electron chi connectivity index (χ4n) is 4.92. The van der Waals surface area contributed by atoms with Gasteiger partial charge in [0.2, 0.25) is 12.3 Å². The van der Waals surface area contributed by atoms with Crippen LogP contribution in [-0.4, -0.2) is 33.1 Å². The molecule has 1 aliphatic rings. The van der Waals surface area contributed by atoms with Gasteiger partial charge >= 0.3 is 0 Å². The number of carbonyl (C=O) groups is 2. The van der Waals surface area contributed by atoms with Gasteiger partial charge in [0.1, 0.15) is 11.3 Å². The number of pyridine rings is 1. The summed E-state index contributed by atoms with van der Waals surface area (Å²) < 4.78 is 16.7. The van der Waals surface area contributed by atoms with Crippen LogP contribution in [0.4, 0.5) is 10.2 Å². The van der Waals surface area contributed by atoms with Gasteiger partial charge in [-0.25, -0.2) is 9.37 Å². The fraction of sp³-hybridized carbons (Fsp3) is 0.440. The van der Waals surface area contributed by atoms with Crippen LogP contribution in [0, 0.1) is 18.7 Å². The van der Waals surface area contributed by atoms with Crippen LogP contribution >= 0.6 is 0 Å². The van der Waals surface area contributed by atoms with Gasteiger partial charge in [0, 0.05) is 36.3 Å². The van der Waals surface area contributed by atoms with E-state index in [1.54, 1.807) is 16.9 Å². The van der Waals surface area contributed by atoms with E-state index in [2.05, 4.69) is 34.6 Å². The summed E-state index contributed by atoms with van der Waals surface area (Å²) in [4.78, 5) is 28.0. The van der Waals surface area contributed by atoms with E-state index in [0.717, 1.165) is 47.0 Å². The van der Waals surface area contributed by atoms with Crippen LogP contribution in [-0.2, 0) is 16.6 Å². The van der Waals surface area contributed by atoms with Crippen molar-refractivity contribution in [1.29, 1.82) is 0 Å². The average Bonchev–Trinajstić information content (AvgIpc) is 3.12. The molecule has 0 saturated heterocycles. The highest BCUT2D eigenvalue weighted by molar-refractivity contribution is 5.93. The standard InChI is InChI=1S/C25H30FN5O2/c1-14(2)24-20-9-17(10-21(26)23(20)30-31(24)4)19-11-22(27-12-15(19)3)29-25(33)16-6-5-7-18(8-16)28-13-32/h9-14,16,18H,5-8H2,1-4H3,(H,28,32)(H,27,29,33)/t16-,18+/m0/s1. The lowest BCUT2D eigenvalue weighted by Crippen LogP contribution is -2.37. The van der Waals surface area contributed by atoms with Crippen LogP contribution in [0.3, 0.4) is 0 Å². The summed E-state index contributed by atoms with van der Waals surface area (Å²) in [6.07, 6.45) is 5.56. The molecule has 3 aromatic rings. The lowest BCUT2D eigenvalue weighted by Gasteiger charge is -2.27. The first-order valence-corrected chi connectivity index (χ1v) is 11.4. The van der Waals surface area contributed by atoms with Crippen LogP contribution in [0.5, 0.6) is 0 Å². The number of nitrogens with one attached hydrogen (secondary N) is 2. The molecular weight excluding hydrogens is 421 g/mol. The van der Waals surface area contributed by atoms with Crippen molar-refractivity contribution in [1.82, 2.24) is 20.1 Å². The van der Waals surface area contributed by atoms with E-state index in [0.29, 0.717) is 24.2 Å². The molecule has 2 aromatic heterocycles. The van der Waals surface area contributed by atoms with Gasteiger partial charge in [-0.1, -0.05) is 20.3 Å². The Morgan fingerprint density at radius 2 is 2.06 bits per heavy atom. The third-order valence-electron chi connectivity index (χ3n) is 6.50. The highest BCUT2D eigenvalue weighted by atomic mass is 19.1. The molecular formula is C25H30FN5O2. The number of hydrogen-bond acceptors (Lipinski definition) is 4. The molecule has 33 heavy (non-hydrogen) atoms. The van der Waals surface area contributed by atoms with Crippen molar-refractivity contribution < 1.29 is 14.0 Å². The predicted molar refractivity (Wildman–Crippen MR) is 126 cm³/mol. The van der Waals surface area contributed by atoms with Gasteiger partial charge in [0.15, 0.2) is 5.82 Å².